The van der Waals surface area contributed by atoms with E-state index in [2.05, 4.69) is 68.6 Å². The summed E-state index contributed by atoms with van der Waals surface area (Å²) in [5.41, 5.74) is 0. The van der Waals surface area contributed by atoms with Crippen LogP contribution in [-0.2, 0) is 14.3 Å². The molecule has 0 aromatic carbocycles. The van der Waals surface area contributed by atoms with Crippen molar-refractivity contribution >= 4 is 11.9 Å². The Morgan fingerprint density at radius 3 is 1.41 bits per heavy atom. The maximum absolute atomic E-state index is 13.2. The number of carbonyl (C=O) groups excluding carboxylic acids is 2. The van der Waals surface area contributed by atoms with Gasteiger partial charge in [-0.15, -0.1) is 0 Å². The monoisotopic (exact) mass is 854 g/mol. The molecule has 3 unspecified atom stereocenters. The van der Waals surface area contributed by atoms with Crippen molar-refractivity contribution in [1.29, 1.82) is 0 Å². The summed E-state index contributed by atoms with van der Waals surface area (Å²) in [5.74, 6) is -0.513. The van der Waals surface area contributed by atoms with Crippen LogP contribution in [0.5, 0.6) is 0 Å². The highest BCUT2D eigenvalue weighted by Gasteiger charge is 2.24. The largest absolute Gasteiger partial charge is 0.462 e. The molecule has 0 heterocycles. The van der Waals surface area contributed by atoms with E-state index in [1.165, 1.54) is 109 Å². The molecule has 0 aliphatic heterocycles. The average molecular weight is 854 g/mol. The third-order valence-electron chi connectivity index (χ3n) is 11.7. The Kier molecular flexibility index (Phi) is 46.6. The van der Waals surface area contributed by atoms with Gasteiger partial charge in [0.1, 0.15) is 6.10 Å². The first-order valence-corrected chi connectivity index (χ1v) is 26.1. The number of amides is 1. The molecule has 1 amide bonds. The number of rotatable bonds is 46. The van der Waals surface area contributed by atoms with Crippen LogP contribution in [0.1, 0.15) is 252 Å². The molecule has 0 saturated heterocycles. The van der Waals surface area contributed by atoms with Crippen molar-refractivity contribution in [1.82, 2.24) is 5.32 Å². The lowest BCUT2D eigenvalue weighted by Crippen LogP contribution is -2.46. The Morgan fingerprint density at radius 1 is 0.492 bits per heavy atom. The smallest absolute Gasteiger partial charge is 0.306 e. The minimum absolute atomic E-state index is 0.0565. The quantitative estimate of drug-likeness (QED) is 0.0245. The molecular formula is C55H99NO5. The first-order chi connectivity index (χ1) is 30.0. The number of unbranched alkanes of at least 4 members (excludes halogenated alkanes) is 27. The molecule has 0 saturated carbocycles. The number of hydrogen-bond acceptors (Lipinski definition) is 5. The Labute approximate surface area is 378 Å². The van der Waals surface area contributed by atoms with Gasteiger partial charge in [0.25, 0.3) is 0 Å². The summed E-state index contributed by atoms with van der Waals surface area (Å²) in [4.78, 5) is 26.1. The van der Waals surface area contributed by atoms with Crippen LogP contribution in [0.4, 0.5) is 0 Å². The highest BCUT2D eigenvalue weighted by Crippen LogP contribution is 2.17. The minimum atomic E-state index is -0.797. The van der Waals surface area contributed by atoms with Crippen molar-refractivity contribution in [2.45, 2.75) is 270 Å². The highest BCUT2D eigenvalue weighted by molar-refractivity contribution is 5.77. The molecule has 0 bridgehead atoms. The van der Waals surface area contributed by atoms with Gasteiger partial charge in [-0.1, -0.05) is 229 Å². The second kappa shape index (κ2) is 48.6. The third-order valence-corrected chi connectivity index (χ3v) is 11.7. The topological polar surface area (TPSA) is 95.9 Å². The fourth-order valence-electron chi connectivity index (χ4n) is 7.73. The zero-order chi connectivity index (χ0) is 44.5. The van der Waals surface area contributed by atoms with Gasteiger partial charge >= 0.3 is 5.97 Å². The lowest BCUT2D eigenvalue weighted by molar-refractivity contribution is -0.151. The first-order valence-electron chi connectivity index (χ1n) is 26.1. The summed E-state index contributed by atoms with van der Waals surface area (Å²) in [6.07, 6.45) is 59.9. The molecule has 354 valence electrons. The molecule has 3 N–H and O–H groups in total. The van der Waals surface area contributed by atoms with Gasteiger partial charge in [0.15, 0.2) is 0 Å². The van der Waals surface area contributed by atoms with Gasteiger partial charge in [-0.05, 0) is 70.6 Å². The molecule has 0 aromatic heterocycles. The van der Waals surface area contributed by atoms with Gasteiger partial charge in [-0.2, -0.15) is 0 Å². The van der Waals surface area contributed by atoms with Crippen molar-refractivity contribution in [3.8, 4) is 0 Å². The van der Waals surface area contributed by atoms with E-state index in [1.54, 1.807) is 0 Å². The van der Waals surface area contributed by atoms with E-state index in [0.717, 1.165) is 96.3 Å². The van der Waals surface area contributed by atoms with Gasteiger partial charge in [0.05, 0.1) is 25.2 Å². The molecule has 0 fully saturated rings. The van der Waals surface area contributed by atoms with E-state index in [-0.39, 0.29) is 24.9 Å². The summed E-state index contributed by atoms with van der Waals surface area (Å²) in [7, 11) is 0. The van der Waals surface area contributed by atoms with Crippen molar-refractivity contribution in [3.63, 3.8) is 0 Å². The van der Waals surface area contributed by atoms with Gasteiger partial charge < -0.3 is 20.3 Å². The maximum atomic E-state index is 13.2. The molecule has 0 radical (unpaired) electrons. The van der Waals surface area contributed by atoms with Crippen molar-refractivity contribution < 1.29 is 24.5 Å². The molecule has 0 rings (SSSR count). The van der Waals surface area contributed by atoms with E-state index in [4.69, 9.17) is 4.74 Å². The van der Waals surface area contributed by atoms with Gasteiger partial charge in [-0.3, -0.25) is 9.59 Å². The lowest BCUT2D eigenvalue weighted by atomic mass is 10.0. The predicted octanol–water partition coefficient (Wildman–Crippen LogP) is 15.6. The first kappa shape index (κ1) is 58.6. The molecule has 6 nitrogen and oxygen atoms in total. The standard InChI is InChI=1S/C55H99NO5/c1-4-7-10-13-16-19-22-25-27-30-33-36-39-42-45-48-55(60)61-51(46-43-40-37-34-31-29-26-23-20-17-14-11-8-5-2)49-54(59)56-52(50-57)53(58)47-44-41-38-35-32-28-24-21-18-15-12-9-6-3/h7,10,13,16,19,22,25,27,29,31,51-53,57-58H,4-6,8-9,11-12,14-15,17-18,20-21,23-24,26,28,30,32-50H2,1-3H3,(H,56,59)/b10-7+,16-13+,22-19+,27-25-,31-29+. The number of aliphatic hydroxyl groups excluding tert-OH is 2. The zero-order valence-electron chi connectivity index (χ0n) is 40.3. The number of esters is 1. The van der Waals surface area contributed by atoms with E-state index in [0.29, 0.717) is 19.3 Å². The second-order valence-corrected chi connectivity index (χ2v) is 17.6. The molecule has 3 atom stereocenters. The van der Waals surface area contributed by atoms with Crippen molar-refractivity contribution in [2.24, 2.45) is 0 Å². The van der Waals surface area contributed by atoms with Crippen LogP contribution in [-0.4, -0.2) is 46.9 Å². The van der Waals surface area contributed by atoms with Crippen LogP contribution in [0.2, 0.25) is 0 Å². The van der Waals surface area contributed by atoms with E-state index >= 15 is 0 Å². The number of carbonyl (C=O) groups is 2. The Balaban J connectivity index is 4.64. The average Bonchev–Trinajstić information content (AvgIpc) is 3.25. The summed E-state index contributed by atoms with van der Waals surface area (Å²) in [5, 5.41) is 23.8. The van der Waals surface area contributed by atoms with Gasteiger partial charge in [-0.25, -0.2) is 0 Å². The normalized spacial score (nSPS) is 13.7. The van der Waals surface area contributed by atoms with Crippen molar-refractivity contribution in [3.05, 3.63) is 60.8 Å². The molecule has 0 aliphatic rings. The fraction of sp³-hybridized carbons (Fsp3) is 0.782. The molecule has 0 spiro atoms. The Morgan fingerprint density at radius 2 is 0.902 bits per heavy atom. The zero-order valence-corrected chi connectivity index (χ0v) is 40.3. The minimum Gasteiger partial charge on any atom is -0.462 e. The highest BCUT2D eigenvalue weighted by atomic mass is 16.5. The number of ether oxygens (including phenoxy) is 1. The van der Waals surface area contributed by atoms with Crippen LogP contribution in [0.3, 0.4) is 0 Å². The van der Waals surface area contributed by atoms with E-state index in [9.17, 15) is 19.8 Å². The van der Waals surface area contributed by atoms with Crippen LogP contribution in [0.25, 0.3) is 0 Å². The number of nitrogens with one attached hydrogen (secondary N) is 1. The van der Waals surface area contributed by atoms with E-state index in [1.807, 2.05) is 18.2 Å². The maximum Gasteiger partial charge on any atom is 0.306 e. The van der Waals surface area contributed by atoms with Gasteiger partial charge in [0, 0.05) is 6.42 Å². The SMILES string of the molecule is CC/C=C/C=C/C=C/C=C\CCCCCCCC(=O)OC(CCCCC/C=C/CCCCCCCCC)CC(=O)NC(CO)C(O)CCCCCCCCCCCCCCC. The Bertz CT molecular complexity index is 1090. The van der Waals surface area contributed by atoms with Crippen LogP contribution >= 0.6 is 0 Å². The summed E-state index contributed by atoms with van der Waals surface area (Å²) < 4.78 is 5.92. The lowest BCUT2D eigenvalue weighted by Gasteiger charge is -2.24. The second-order valence-electron chi connectivity index (χ2n) is 17.6. The predicted molar refractivity (Wildman–Crippen MR) is 264 cm³/mol. The molecule has 61 heavy (non-hydrogen) atoms. The third kappa shape index (κ3) is 44.0. The van der Waals surface area contributed by atoms with Crippen LogP contribution < -0.4 is 5.32 Å². The Hall–Kier alpha value is -2.44. The van der Waals surface area contributed by atoms with Crippen LogP contribution in [0, 0.1) is 0 Å². The van der Waals surface area contributed by atoms with Crippen LogP contribution in [0.15, 0.2) is 60.8 Å². The molecule has 0 aliphatic carbocycles. The summed E-state index contributed by atoms with van der Waals surface area (Å²) >= 11 is 0. The fourth-order valence-corrected chi connectivity index (χ4v) is 7.73. The van der Waals surface area contributed by atoms with Crippen molar-refractivity contribution in [2.75, 3.05) is 6.61 Å². The summed E-state index contributed by atoms with van der Waals surface area (Å²) in [6.45, 7) is 6.34. The molecule has 0 aromatic rings. The van der Waals surface area contributed by atoms with E-state index < -0.39 is 18.2 Å². The number of hydrogen-bond donors (Lipinski definition) is 3. The molecular weight excluding hydrogens is 755 g/mol. The number of allylic oxidation sites excluding steroid dienone is 10. The summed E-state index contributed by atoms with van der Waals surface area (Å²) in [6, 6.07) is -0.712. The van der Waals surface area contributed by atoms with Gasteiger partial charge in [0.2, 0.25) is 5.91 Å². The molecule has 6 heteroatoms. The number of aliphatic hydroxyl groups is 2.